The molecule has 2 N–H and O–H groups in total. The molecule has 0 aromatic heterocycles. The summed E-state index contributed by atoms with van der Waals surface area (Å²) in [7, 11) is 0. The molecule has 3 atom stereocenters. The Morgan fingerprint density at radius 3 is 2.64 bits per heavy atom. The summed E-state index contributed by atoms with van der Waals surface area (Å²) in [5.41, 5.74) is 0. The minimum atomic E-state index is -4.76. The Balaban J connectivity index is 1.74. The van der Waals surface area contributed by atoms with Crippen molar-refractivity contribution in [1.82, 2.24) is 10.6 Å². The Morgan fingerprint density at radius 1 is 1.50 bits per heavy atom. The summed E-state index contributed by atoms with van der Waals surface area (Å²) in [4.78, 5) is 10.5. The zero-order chi connectivity index (χ0) is 10.3. The van der Waals surface area contributed by atoms with Crippen molar-refractivity contribution in [3.05, 3.63) is 0 Å². The van der Waals surface area contributed by atoms with Crippen LogP contribution in [0.3, 0.4) is 0 Å². The van der Waals surface area contributed by atoms with Crippen molar-refractivity contribution in [2.45, 2.75) is 18.6 Å². The predicted molar refractivity (Wildman–Crippen MR) is 42.5 cm³/mol. The Morgan fingerprint density at radius 2 is 2.21 bits per heavy atom. The average molecular weight is 208 g/mol. The highest BCUT2D eigenvalue weighted by Gasteiger charge is 2.48. The van der Waals surface area contributed by atoms with Gasteiger partial charge in [0, 0.05) is 12.6 Å². The lowest BCUT2D eigenvalue weighted by molar-refractivity contribution is -0.173. The van der Waals surface area contributed by atoms with Gasteiger partial charge in [-0.1, -0.05) is 0 Å². The number of carbonyl (C=O) groups excluding carboxylic acids is 1. The van der Waals surface area contributed by atoms with Crippen LogP contribution in [0.25, 0.3) is 0 Å². The van der Waals surface area contributed by atoms with Gasteiger partial charge in [-0.15, -0.1) is 0 Å². The second-order valence-corrected chi connectivity index (χ2v) is 3.88. The highest BCUT2D eigenvalue weighted by molar-refractivity contribution is 5.81. The van der Waals surface area contributed by atoms with Crippen LogP contribution in [0.15, 0.2) is 0 Å². The van der Waals surface area contributed by atoms with Crippen molar-refractivity contribution in [3.63, 3.8) is 0 Å². The molecular formula is C8H11F3N2O. The predicted octanol–water partition coefficient (Wildman–Crippen LogP) is 0.273. The van der Waals surface area contributed by atoms with Gasteiger partial charge in [0.1, 0.15) is 0 Å². The molecule has 2 fully saturated rings. The van der Waals surface area contributed by atoms with Crippen LogP contribution in [-0.4, -0.2) is 31.2 Å². The first kappa shape index (κ1) is 9.76. The third-order valence-corrected chi connectivity index (χ3v) is 2.88. The molecule has 2 rings (SSSR count). The van der Waals surface area contributed by atoms with E-state index in [1.165, 1.54) is 0 Å². The topological polar surface area (TPSA) is 41.1 Å². The molecule has 80 valence electrons. The van der Waals surface area contributed by atoms with Crippen molar-refractivity contribution in [3.8, 4) is 0 Å². The smallest absolute Gasteiger partial charge is 0.347 e. The molecule has 1 aliphatic heterocycles. The molecule has 3 nitrogen and oxygen atoms in total. The van der Waals surface area contributed by atoms with Gasteiger partial charge in [0.25, 0.3) is 0 Å². The van der Waals surface area contributed by atoms with E-state index in [2.05, 4.69) is 5.32 Å². The molecule has 1 aliphatic carbocycles. The van der Waals surface area contributed by atoms with Crippen molar-refractivity contribution in [2.75, 3.05) is 13.1 Å². The molecule has 1 unspecified atom stereocenters. The van der Waals surface area contributed by atoms with Crippen molar-refractivity contribution in [1.29, 1.82) is 0 Å². The molecule has 0 aromatic rings. The number of hydrogen-bond donors (Lipinski definition) is 2. The number of fused-ring (bicyclic) bond motifs is 1. The maximum absolute atomic E-state index is 11.8. The number of rotatable bonds is 2. The quantitative estimate of drug-likeness (QED) is 0.684. The molecule has 1 heterocycles. The molecule has 0 radical (unpaired) electrons. The molecule has 1 saturated heterocycles. The summed E-state index contributed by atoms with van der Waals surface area (Å²) < 4.78 is 35.4. The lowest BCUT2D eigenvalue weighted by Crippen LogP contribution is -2.44. The van der Waals surface area contributed by atoms with Gasteiger partial charge in [-0.2, -0.15) is 13.2 Å². The summed E-state index contributed by atoms with van der Waals surface area (Å²) in [6.07, 6.45) is -3.68. The average Bonchev–Trinajstić information content (AvgIpc) is 2.75. The molecule has 1 amide bonds. The normalized spacial score (nSPS) is 35.2. The number of piperidine rings is 1. The lowest BCUT2D eigenvalue weighted by Gasteiger charge is -2.14. The molecule has 0 bridgehead atoms. The second kappa shape index (κ2) is 3.12. The van der Waals surface area contributed by atoms with E-state index in [1.54, 1.807) is 0 Å². The van der Waals surface area contributed by atoms with E-state index in [1.807, 2.05) is 5.32 Å². The van der Waals surface area contributed by atoms with Crippen LogP contribution in [0, 0.1) is 11.8 Å². The minimum absolute atomic E-state index is 0.0336. The van der Waals surface area contributed by atoms with Gasteiger partial charge in [-0.3, -0.25) is 4.79 Å². The summed E-state index contributed by atoms with van der Waals surface area (Å²) in [6.45, 7) is 0.955. The van der Waals surface area contributed by atoms with Gasteiger partial charge < -0.3 is 10.6 Å². The highest BCUT2D eigenvalue weighted by Crippen LogP contribution is 2.44. The third-order valence-electron chi connectivity index (χ3n) is 2.88. The summed E-state index contributed by atoms with van der Waals surface area (Å²) in [5.74, 6) is -0.741. The number of nitrogens with one attached hydrogen (secondary N) is 2. The van der Waals surface area contributed by atoms with Gasteiger partial charge >= 0.3 is 12.1 Å². The van der Waals surface area contributed by atoms with Crippen molar-refractivity contribution >= 4 is 5.91 Å². The number of halogens is 3. The zero-order valence-corrected chi connectivity index (χ0v) is 7.40. The number of hydrogen-bond acceptors (Lipinski definition) is 2. The first-order valence-corrected chi connectivity index (χ1v) is 4.57. The molecular weight excluding hydrogens is 197 g/mol. The van der Waals surface area contributed by atoms with Crippen LogP contribution in [0.2, 0.25) is 0 Å². The molecule has 14 heavy (non-hydrogen) atoms. The maximum Gasteiger partial charge on any atom is 0.471 e. The molecule has 6 heteroatoms. The summed E-state index contributed by atoms with van der Waals surface area (Å²) in [6, 6.07) is 0.0336. The van der Waals surface area contributed by atoms with Crippen LogP contribution in [0.4, 0.5) is 13.2 Å². The Kier molecular flexibility index (Phi) is 2.17. The van der Waals surface area contributed by atoms with Crippen LogP contribution in [-0.2, 0) is 4.79 Å². The first-order valence-electron chi connectivity index (χ1n) is 4.57. The fraction of sp³-hybridized carbons (Fsp3) is 0.875. The number of carbonyl (C=O) groups is 1. The van der Waals surface area contributed by atoms with Gasteiger partial charge in [0.05, 0.1) is 0 Å². The Bertz CT molecular complexity index is 253. The SMILES string of the molecule is O=C(NC[C@H]1NCC2C[C@@H]21)C(F)(F)F. The highest BCUT2D eigenvalue weighted by atomic mass is 19.4. The van der Waals surface area contributed by atoms with Crippen molar-refractivity contribution < 1.29 is 18.0 Å². The fourth-order valence-electron chi connectivity index (χ4n) is 1.98. The standard InChI is InChI=1S/C8H11F3N2O/c9-8(10,11)7(14)13-3-6-5-1-4(5)2-12-6/h4-6,12H,1-3H2,(H,13,14)/t4?,5-,6+/m0/s1. The zero-order valence-electron chi connectivity index (χ0n) is 7.40. The molecule has 0 spiro atoms. The van der Waals surface area contributed by atoms with E-state index in [0.717, 1.165) is 13.0 Å². The Hall–Kier alpha value is -0.780. The number of alkyl halides is 3. The van der Waals surface area contributed by atoms with Crippen LogP contribution >= 0.6 is 0 Å². The molecule has 0 aromatic carbocycles. The summed E-state index contributed by atoms with van der Waals surface area (Å²) in [5, 5.41) is 4.98. The van der Waals surface area contributed by atoms with E-state index >= 15 is 0 Å². The molecule has 2 aliphatic rings. The van der Waals surface area contributed by atoms with Gasteiger partial charge in [-0.25, -0.2) is 0 Å². The van der Waals surface area contributed by atoms with Gasteiger partial charge in [-0.05, 0) is 24.8 Å². The van der Waals surface area contributed by atoms with Crippen molar-refractivity contribution in [2.24, 2.45) is 11.8 Å². The van der Waals surface area contributed by atoms with Crippen LogP contribution < -0.4 is 10.6 Å². The Labute approximate surface area is 79.0 Å². The van der Waals surface area contributed by atoms with Crippen LogP contribution in [0.5, 0.6) is 0 Å². The van der Waals surface area contributed by atoms with Crippen LogP contribution in [0.1, 0.15) is 6.42 Å². The maximum atomic E-state index is 11.8. The van der Waals surface area contributed by atoms with Gasteiger partial charge in [0.2, 0.25) is 0 Å². The largest absolute Gasteiger partial charge is 0.471 e. The summed E-state index contributed by atoms with van der Waals surface area (Å²) >= 11 is 0. The second-order valence-electron chi connectivity index (χ2n) is 3.88. The fourth-order valence-corrected chi connectivity index (χ4v) is 1.98. The van der Waals surface area contributed by atoms with E-state index in [0.29, 0.717) is 11.8 Å². The lowest BCUT2D eigenvalue weighted by atomic mass is 10.2. The van der Waals surface area contributed by atoms with E-state index in [4.69, 9.17) is 0 Å². The number of amides is 1. The monoisotopic (exact) mass is 208 g/mol. The van der Waals surface area contributed by atoms with E-state index < -0.39 is 12.1 Å². The third kappa shape index (κ3) is 1.84. The molecule has 1 saturated carbocycles. The van der Waals surface area contributed by atoms with Gasteiger partial charge in [0.15, 0.2) is 0 Å². The van der Waals surface area contributed by atoms with E-state index in [9.17, 15) is 18.0 Å². The minimum Gasteiger partial charge on any atom is -0.347 e. The first-order chi connectivity index (χ1) is 6.48. The van der Waals surface area contributed by atoms with E-state index in [-0.39, 0.29) is 12.6 Å².